The third-order valence-electron chi connectivity index (χ3n) is 8.23. The summed E-state index contributed by atoms with van der Waals surface area (Å²) in [6, 6.07) is 15.2. The predicted molar refractivity (Wildman–Crippen MR) is 192 cm³/mol. The van der Waals surface area contributed by atoms with E-state index in [4.69, 9.17) is 37.2 Å². The molecule has 56 heavy (non-hydrogen) atoms. The molecule has 0 bridgehead atoms. The fourth-order valence-corrected chi connectivity index (χ4v) is 6.28. The van der Waals surface area contributed by atoms with Crippen LogP contribution in [0.25, 0.3) is 11.3 Å². The van der Waals surface area contributed by atoms with Gasteiger partial charge in [-0.25, -0.2) is 32.0 Å². The van der Waals surface area contributed by atoms with Crippen LogP contribution in [-0.2, 0) is 43.4 Å². The molecule has 0 aliphatic rings. The van der Waals surface area contributed by atoms with E-state index in [1.54, 1.807) is 62.7 Å². The molecule has 0 saturated carbocycles. The Kier molecular flexibility index (Phi) is 14.4. The van der Waals surface area contributed by atoms with Crippen LogP contribution in [0.1, 0.15) is 47.7 Å². The molecule has 4 N–H and O–H groups in total. The Labute approximate surface area is 324 Å². The molecule has 5 aromatic rings. The molecule has 0 spiro atoms. The van der Waals surface area contributed by atoms with Crippen LogP contribution in [0, 0.1) is 23.0 Å². The van der Waals surface area contributed by atoms with E-state index in [1.807, 2.05) is 0 Å². The second kappa shape index (κ2) is 18.7. The first-order valence-corrected chi connectivity index (χ1v) is 18.7. The SMILES string of the molecule is CNCC(=O)OCc1cccnc1N(C)C(=O)OC(C)[n+]1c[nH][n+](C[C@](O)(c2cc(F)ccc2F)[C@@H](C)c2nc(-c3ccc(C#N)cc3)cs2)c1.O=S(=O)([O-])O. The van der Waals surface area contributed by atoms with Crippen molar-refractivity contribution >= 4 is 39.6 Å². The Balaban J connectivity index is 0.00000131. The number of pyridine rings is 1. The van der Waals surface area contributed by atoms with Gasteiger partial charge in [-0.1, -0.05) is 25.1 Å². The van der Waals surface area contributed by atoms with Gasteiger partial charge >= 0.3 is 24.7 Å². The molecule has 3 heterocycles. The lowest BCUT2D eigenvalue weighted by Crippen LogP contribution is -2.52. The van der Waals surface area contributed by atoms with Crippen LogP contribution in [0.4, 0.5) is 19.4 Å². The molecule has 0 fully saturated rings. The molecule has 0 radical (unpaired) electrons. The number of benzene rings is 2. The summed E-state index contributed by atoms with van der Waals surface area (Å²) in [5, 5.41) is 29.3. The number of anilines is 1. The maximum absolute atomic E-state index is 15.3. The highest BCUT2D eigenvalue weighted by Gasteiger charge is 2.45. The van der Waals surface area contributed by atoms with Crippen molar-refractivity contribution in [3.63, 3.8) is 0 Å². The minimum Gasteiger partial charge on any atom is -0.726 e. The highest BCUT2D eigenvalue weighted by molar-refractivity contribution is 7.79. The maximum atomic E-state index is 15.3. The second-order valence-corrected chi connectivity index (χ2v) is 13.9. The minimum absolute atomic E-state index is 0.0259. The zero-order chi connectivity index (χ0) is 41.2. The summed E-state index contributed by atoms with van der Waals surface area (Å²) < 4.78 is 76.6. The molecule has 2 aromatic carbocycles. The Morgan fingerprint density at radius 3 is 2.55 bits per heavy atom. The van der Waals surface area contributed by atoms with E-state index in [2.05, 4.69) is 21.5 Å². The van der Waals surface area contributed by atoms with Crippen LogP contribution >= 0.6 is 11.3 Å². The van der Waals surface area contributed by atoms with E-state index in [0.717, 1.165) is 23.8 Å². The predicted octanol–water partition coefficient (Wildman–Crippen LogP) is 3.01. The van der Waals surface area contributed by atoms with Gasteiger partial charge < -0.3 is 24.4 Å². The normalized spacial score (nSPS) is 13.3. The van der Waals surface area contributed by atoms with Crippen LogP contribution in [-0.4, -0.2) is 70.4 Å². The quantitative estimate of drug-likeness (QED) is 0.0580. The van der Waals surface area contributed by atoms with Gasteiger partial charge in [-0.05, 0) is 53.2 Å². The van der Waals surface area contributed by atoms with Crippen LogP contribution in [0.5, 0.6) is 0 Å². The van der Waals surface area contributed by atoms with E-state index in [1.165, 1.54) is 51.4 Å². The molecular formula is C35H37F2N8O9S2+. The molecular weight excluding hydrogens is 779 g/mol. The molecule has 3 aromatic heterocycles. The number of thiazole rings is 1. The molecule has 0 aliphatic heterocycles. The minimum atomic E-state index is -4.92. The number of aromatic amines is 1. The number of hydrogen-bond acceptors (Lipinski definition) is 13. The van der Waals surface area contributed by atoms with Gasteiger partial charge in [-0.2, -0.15) is 5.26 Å². The molecule has 3 atom stereocenters. The van der Waals surface area contributed by atoms with Crippen molar-refractivity contribution < 1.29 is 59.7 Å². The first kappa shape index (κ1) is 43.0. The number of nitriles is 1. The smallest absolute Gasteiger partial charge is 0.419 e. The van der Waals surface area contributed by atoms with Gasteiger partial charge in [0.1, 0.15) is 24.1 Å². The van der Waals surface area contributed by atoms with Crippen molar-refractivity contribution in [1.29, 1.82) is 5.26 Å². The van der Waals surface area contributed by atoms with Gasteiger partial charge in [-0.15, -0.1) is 15.9 Å². The van der Waals surface area contributed by atoms with Crippen molar-refractivity contribution in [1.82, 2.24) is 20.4 Å². The van der Waals surface area contributed by atoms with E-state index < -0.39 is 51.8 Å². The van der Waals surface area contributed by atoms with E-state index >= 15 is 4.39 Å². The summed E-state index contributed by atoms with van der Waals surface area (Å²) in [6.45, 7) is 2.95. The zero-order valence-corrected chi connectivity index (χ0v) is 31.9. The molecule has 5 rings (SSSR count). The Morgan fingerprint density at radius 1 is 1.20 bits per heavy atom. The summed E-state index contributed by atoms with van der Waals surface area (Å²) in [5.41, 5.74) is 0.0756. The summed E-state index contributed by atoms with van der Waals surface area (Å²) in [4.78, 5) is 35.2. The number of esters is 1. The number of nitrogens with zero attached hydrogens (tertiary/aromatic N) is 6. The number of aromatic nitrogens is 5. The zero-order valence-electron chi connectivity index (χ0n) is 30.3. The lowest BCUT2D eigenvalue weighted by molar-refractivity contribution is -0.842. The monoisotopic (exact) mass is 815 g/mol. The summed E-state index contributed by atoms with van der Waals surface area (Å²) in [5.74, 6) is -2.58. The Bertz CT molecular complexity index is 2290. The Morgan fingerprint density at radius 2 is 1.89 bits per heavy atom. The first-order chi connectivity index (χ1) is 26.4. The van der Waals surface area contributed by atoms with Gasteiger partial charge in [0, 0.05) is 48.2 Å². The molecule has 17 nitrogen and oxygen atoms in total. The average molecular weight is 816 g/mol. The van der Waals surface area contributed by atoms with Crippen LogP contribution in [0.2, 0.25) is 0 Å². The number of ether oxygens (including phenoxy) is 2. The van der Waals surface area contributed by atoms with Crippen molar-refractivity contribution in [2.75, 3.05) is 25.5 Å². The molecule has 0 aliphatic carbocycles. The third kappa shape index (κ3) is 11.4. The van der Waals surface area contributed by atoms with Gasteiger partial charge in [0.15, 0.2) is 12.1 Å². The average Bonchev–Trinajstić information content (AvgIpc) is 3.84. The number of carbonyl (C=O) groups is 2. The van der Waals surface area contributed by atoms with Crippen LogP contribution in [0.3, 0.4) is 0 Å². The van der Waals surface area contributed by atoms with E-state index in [0.29, 0.717) is 21.8 Å². The highest BCUT2D eigenvalue weighted by Crippen LogP contribution is 2.41. The number of halogens is 2. The van der Waals surface area contributed by atoms with Crippen molar-refractivity contribution in [3.05, 3.63) is 112 Å². The van der Waals surface area contributed by atoms with Crippen LogP contribution in [0.15, 0.2) is 78.8 Å². The Hall–Kier alpha value is -5.76. The number of amides is 1. The lowest BCUT2D eigenvalue weighted by atomic mass is 9.82. The van der Waals surface area contributed by atoms with Gasteiger partial charge in [0.25, 0.3) is 6.23 Å². The number of likely N-dealkylation sites (N-methyl/N-ethyl adjacent to an activating group) is 1. The van der Waals surface area contributed by atoms with E-state index in [9.17, 15) is 19.1 Å². The number of nitrogens with one attached hydrogen (secondary N) is 2. The lowest BCUT2D eigenvalue weighted by Gasteiger charge is -2.30. The van der Waals surface area contributed by atoms with E-state index in [-0.39, 0.29) is 31.1 Å². The maximum Gasteiger partial charge on any atom is 0.419 e. The van der Waals surface area contributed by atoms with Crippen molar-refractivity contribution in [3.8, 4) is 17.3 Å². The van der Waals surface area contributed by atoms with Crippen LogP contribution < -0.4 is 19.5 Å². The summed E-state index contributed by atoms with van der Waals surface area (Å²) >= 11 is 1.26. The number of H-pyrrole nitrogens is 1. The molecule has 1 unspecified atom stereocenters. The number of carbonyl (C=O) groups excluding carboxylic acids is 2. The largest absolute Gasteiger partial charge is 0.726 e. The topological polar surface area (TPSA) is 239 Å². The fraction of sp³-hybridized carbons (Fsp3) is 0.286. The molecule has 296 valence electrons. The number of rotatable bonds is 13. The third-order valence-corrected chi connectivity index (χ3v) is 9.26. The van der Waals surface area contributed by atoms with Crippen molar-refractivity contribution in [2.45, 2.75) is 44.7 Å². The summed E-state index contributed by atoms with van der Waals surface area (Å²) in [7, 11) is -1.83. The number of hydrogen-bond donors (Lipinski definition) is 4. The summed E-state index contributed by atoms with van der Waals surface area (Å²) in [6.07, 6.45) is 2.88. The standard InChI is InChI=1S/C35H35F2N8O5S.H2O4S/c1-22(33-42-30(18-51-33)25-9-7-24(15-38)8-10-25)35(48,28-14-27(36)11-12-29(28)37)19-45-21-44(20-41-45)23(2)50-34(47)43(4)32-26(6-5-13-40-32)17-49-31(46)16-39-3;1-5(2,3)4/h5-14,18,20-23,39,48H,16-17,19H2,1-4H3;(H2,1,2,3,4)/q+1;/t22-,23?,35+;/m0./s1. The fourth-order valence-electron chi connectivity index (χ4n) is 5.31. The first-order valence-electron chi connectivity index (χ1n) is 16.4. The van der Waals surface area contributed by atoms with Gasteiger partial charge in [0.2, 0.25) is 10.4 Å². The highest BCUT2D eigenvalue weighted by atomic mass is 32.3. The molecule has 21 heteroatoms. The second-order valence-electron chi connectivity index (χ2n) is 12.1. The van der Waals surface area contributed by atoms with Gasteiger partial charge in [0.05, 0.1) is 28.9 Å². The van der Waals surface area contributed by atoms with Crippen molar-refractivity contribution in [2.24, 2.45) is 0 Å². The molecule has 1 amide bonds. The molecule has 0 saturated heterocycles. The number of aliphatic hydroxyl groups is 1. The van der Waals surface area contributed by atoms with Gasteiger partial charge in [-0.3, -0.25) is 14.2 Å².